The normalized spacial score (nSPS) is 14.2. The van der Waals surface area contributed by atoms with E-state index in [1.807, 2.05) is 18.2 Å². The first-order valence-corrected chi connectivity index (χ1v) is 7.16. The number of aromatic carboxylic acids is 1. The fraction of sp³-hybridized carbons (Fsp3) is 0.312. The van der Waals surface area contributed by atoms with Gasteiger partial charge in [-0.15, -0.1) is 0 Å². The topological polar surface area (TPSA) is 75.1 Å². The van der Waals surface area contributed by atoms with Gasteiger partial charge in [-0.3, -0.25) is 0 Å². The van der Waals surface area contributed by atoms with Crippen molar-refractivity contribution in [2.75, 3.05) is 11.9 Å². The van der Waals surface area contributed by atoms with E-state index in [4.69, 9.17) is 5.11 Å². The SMILES string of the molecule is O=C(O)c1nc(NCCC2=CCCC2)c2ccccc2n1. The van der Waals surface area contributed by atoms with Gasteiger partial charge in [0.15, 0.2) is 0 Å². The van der Waals surface area contributed by atoms with Gasteiger partial charge in [-0.05, 0) is 37.8 Å². The fourth-order valence-electron chi connectivity index (χ4n) is 2.61. The lowest BCUT2D eigenvalue weighted by atomic mass is 10.1. The van der Waals surface area contributed by atoms with Gasteiger partial charge in [0.05, 0.1) is 5.52 Å². The summed E-state index contributed by atoms with van der Waals surface area (Å²) in [6.45, 7) is 0.756. The van der Waals surface area contributed by atoms with Gasteiger partial charge in [-0.2, -0.15) is 0 Å². The van der Waals surface area contributed by atoms with Gasteiger partial charge in [0.25, 0.3) is 0 Å². The van der Waals surface area contributed by atoms with Crippen LogP contribution in [0.3, 0.4) is 0 Å². The minimum atomic E-state index is -1.11. The van der Waals surface area contributed by atoms with Crippen LogP contribution in [0, 0.1) is 0 Å². The van der Waals surface area contributed by atoms with Gasteiger partial charge in [-0.25, -0.2) is 14.8 Å². The number of nitrogens with zero attached hydrogens (tertiary/aromatic N) is 2. The number of hydrogen-bond acceptors (Lipinski definition) is 4. The molecule has 3 rings (SSSR count). The van der Waals surface area contributed by atoms with Crippen molar-refractivity contribution in [3.8, 4) is 0 Å². The van der Waals surface area contributed by atoms with E-state index < -0.39 is 5.97 Å². The van der Waals surface area contributed by atoms with Crippen molar-refractivity contribution in [1.82, 2.24) is 9.97 Å². The number of hydrogen-bond donors (Lipinski definition) is 2. The number of carboxylic acid groups (broad SMARTS) is 1. The second kappa shape index (κ2) is 5.91. The highest BCUT2D eigenvalue weighted by Crippen LogP contribution is 2.22. The van der Waals surface area contributed by atoms with Crippen LogP contribution in [0.1, 0.15) is 36.3 Å². The second-order valence-electron chi connectivity index (χ2n) is 5.15. The molecule has 0 saturated carbocycles. The van der Waals surface area contributed by atoms with Crippen LogP contribution in [-0.2, 0) is 0 Å². The first-order chi connectivity index (χ1) is 10.2. The van der Waals surface area contributed by atoms with Crippen molar-refractivity contribution in [3.63, 3.8) is 0 Å². The van der Waals surface area contributed by atoms with Gasteiger partial charge < -0.3 is 10.4 Å². The molecule has 0 unspecified atom stereocenters. The molecule has 5 heteroatoms. The summed E-state index contributed by atoms with van der Waals surface area (Å²) in [5.41, 5.74) is 2.12. The molecule has 0 amide bonds. The number of rotatable bonds is 5. The van der Waals surface area contributed by atoms with E-state index in [0.29, 0.717) is 11.3 Å². The van der Waals surface area contributed by atoms with Crippen molar-refractivity contribution >= 4 is 22.7 Å². The molecule has 0 radical (unpaired) electrons. The molecule has 108 valence electrons. The van der Waals surface area contributed by atoms with E-state index in [-0.39, 0.29) is 5.82 Å². The quantitative estimate of drug-likeness (QED) is 0.824. The van der Waals surface area contributed by atoms with E-state index in [2.05, 4.69) is 21.4 Å². The molecule has 2 aromatic rings. The predicted octanol–water partition coefficient (Wildman–Crippen LogP) is 3.24. The van der Waals surface area contributed by atoms with Crippen molar-refractivity contribution in [3.05, 3.63) is 41.7 Å². The average Bonchev–Trinajstić information content (AvgIpc) is 3.00. The van der Waals surface area contributed by atoms with Crippen LogP contribution in [-0.4, -0.2) is 27.6 Å². The van der Waals surface area contributed by atoms with Crippen LogP contribution in [0.5, 0.6) is 0 Å². The molecule has 0 spiro atoms. The maximum Gasteiger partial charge on any atom is 0.374 e. The lowest BCUT2D eigenvalue weighted by Crippen LogP contribution is -2.10. The molecule has 1 aromatic heterocycles. The first kappa shape index (κ1) is 13.5. The summed E-state index contributed by atoms with van der Waals surface area (Å²) in [4.78, 5) is 19.3. The maximum absolute atomic E-state index is 11.1. The maximum atomic E-state index is 11.1. The van der Waals surface area contributed by atoms with Gasteiger partial charge in [0.2, 0.25) is 5.82 Å². The molecule has 1 aliphatic carbocycles. The van der Waals surface area contributed by atoms with Crippen molar-refractivity contribution < 1.29 is 9.90 Å². The molecule has 0 saturated heterocycles. The minimum Gasteiger partial charge on any atom is -0.475 e. The summed E-state index contributed by atoms with van der Waals surface area (Å²) in [6.07, 6.45) is 6.86. The number of benzene rings is 1. The molecule has 0 aliphatic heterocycles. The zero-order valence-electron chi connectivity index (χ0n) is 11.7. The van der Waals surface area contributed by atoms with E-state index in [0.717, 1.165) is 18.4 Å². The molecule has 1 heterocycles. The zero-order valence-corrected chi connectivity index (χ0v) is 11.7. The third-order valence-corrected chi connectivity index (χ3v) is 3.67. The van der Waals surface area contributed by atoms with Crippen molar-refractivity contribution in [1.29, 1.82) is 0 Å². The molecule has 21 heavy (non-hydrogen) atoms. The molecule has 2 N–H and O–H groups in total. The van der Waals surface area contributed by atoms with Gasteiger partial charge >= 0.3 is 5.97 Å². The van der Waals surface area contributed by atoms with Crippen LogP contribution in [0.15, 0.2) is 35.9 Å². The van der Waals surface area contributed by atoms with Crippen LogP contribution >= 0.6 is 0 Å². The Labute approximate surface area is 122 Å². The first-order valence-electron chi connectivity index (χ1n) is 7.16. The van der Waals surface area contributed by atoms with E-state index in [9.17, 15) is 4.79 Å². The summed E-state index contributed by atoms with van der Waals surface area (Å²) < 4.78 is 0. The van der Waals surface area contributed by atoms with Crippen LogP contribution < -0.4 is 5.32 Å². The van der Waals surface area contributed by atoms with Crippen molar-refractivity contribution in [2.45, 2.75) is 25.7 Å². The predicted molar refractivity (Wildman–Crippen MR) is 81.5 cm³/mol. The number of carboxylic acids is 1. The van der Waals surface area contributed by atoms with E-state index in [1.165, 1.54) is 24.8 Å². The van der Waals surface area contributed by atoms with Crippen LogP contribution in [0.2, 0.25) is 0 Å². The fourth-order valence-corrected chi connectivity index (χ4v) is 2.61. The number of carbonyl (C=O) groups is 1. The number of allylic oxidation sites excluding steroid dienone is 1. The Hall–Kier alpha value is -2.43. The third kappa shape index (κ3) is 3.02. The van der Waals surface area contributed by atoms with Crippen molar-refractivity contribution in [2.24, 2.45) is 0 Å². The molecule has 0 atom stereocenters. The Morgan fingerprint density at radius 3 is 2.90 bits per heavy atom. The Balaban J connectivity index is 1.83. The molecule has 5 nitrogen and oxygen atoms in total. The highest BCUT2D eigenvalue weighted by Gasteiger charge is 2.12. The van der Waals surface area contributed by atoms with Crippen LogP contribution in [0.4, 0.5) is 5.82 Å². The Bertz CT molecular complexity index is 710. The number of anilines is 1. The van der Waals surface area contributed by atoms with E-state index in [1.54, 1.807) is 6.07 Å². The molecule has 0 bridgehead atoms. The van der Waals surface area contributed by atoms with E-state index >= 15 is 0 Å². The van der Waals surface area contributed by atoms with Gasteiger partial charge in [0, 0.05) is 11.9 Å². The second-order valence-corrected chi connectivity index (χ2v) is 5.15. The van der Waals surface area contributed by atoms with Gasteiger partial charge in [0.1, 0.15) is 5.82 Å². The summed E-state index contributed by atoms with van der Waals surface area (Å²) in [7, 11) is 0. The zero-order chi connectivity index (χ0) is 14.7. The van der Waals surface area contributed by atoms with Gasteiger partial charge in [-0.1, -0.05) is 23.8 Å². The Morgan fingerprint density at radius 1 is 1.29 bits per heavy atom. The standard InChI is InChI=1S/C16H17N3O2/c20-16(21)15-18-13-8-4-3-7-12(13)14(19-15)17-10-9-11-5-1-2-6-11/h3-5,7-8H,1-2,6,9-10H2,(H,20,21)(H,17,18,19). The monoisotopic (exact) mass is 283 g/mol. The molecule has 1 aliphatic rings. The van der Waals surface area contributed by atoms with Crippen LogP contribution in [0.25, 0.3) is 10.9 Å². The summed E-state index contributed by atoms with van der Waals surface area (Å²) >= 11 is 0. The lowest BCUT2D eigenvalue weighted by molar-refractivity contribution is 0.0684. The Kier molecular flexibility index (Phi) is 3.81. The highest BCUT2D eigenvalue weighted by molar-refractivity contribution is 5.93. The minimum absolute atomic E-state index is 0.170. The summed E-state index contributed by atoms with van der Waals surface area (Å²) in [6, 6.07) is 7.44. The number of para-hydroxylation sites is 1. The smallest absolute Gasteiger partial charge is 0.374 e. The lowest BCUT2D eigenvalue weighted by Gasteiger charge is -2.10. The summed E-state index contributed by atoms with van der Waals surface area (Å²) in [5.74, 6) is -0.685. The number of fused-ring (bicyclic) bond motifs is 1. The third-order valence-electron chi connectivity index (χ3n) is 3.67. The number of aromatic nitrogens is 2. The highest BCUT2D eigenvalue weighted by atomic mass is 16.4. The largest absolute Gasteiger partial charge is 0.475 e. The molecule has 1 aromatic carbocycles. The molecule has 0 fully saturated rings. The molecular weight excluding hydrogens is 266 g/mol. The number of nitrogens with one attached hydrogen (secondary N) is 1. The average molecular weight is 283 g/mol. The Morgan fingerprint density at radius 2 is 2.14 bits per heavy atom. The molecular formula is C16H17N3O2. The summed E-state index contributed by atoms with van der Waals surface area (Å²) in [5, 5.41) is 13.2.